The largest absolute Gasteiger partial charge is 0.381 e. The minimum Gasteiger partial charge on any atom is -0.381 e. The minimum atomic E-state index is -0.0819. The number of nitrogens with zero attached hydrogens (tertiary/aromatic N) is 2. The van der Waals surface area contributed by atoms with E-state index in [1.54, 1.807) is 20.2 Å². The molecule has 0 aliphatic carbocycles. The molecule has 3 rings (SSSR count). The third kappa shape index (κ3) is 5.37. The highest BCUT2D eigenvalue weighted by molar-refractivity contribution is 8.26. The summed E-state index contributed by atoms with van der Waals surface area (Å²) in [4.78, 5) is 18.8. The van der Waals surface area contributed by atoms with Gasteiger partial charge in [0, 0.05) is 37.3 Å². The molecule has 0 radical (unpaired) electrons. The number of carbonyl (C=O) groups excluding carboxylic acids is 1. The van der Waals surface area contributed by atoms with Crippen LogP contribution in [0.25, 0.3) is 10.8 Å². The van der Waals surface area contributed by atoms with Crippen molar-refractivity contribution >= 4 is 44.3 Å². The fraction of sp³-hybridized carbons (Fsp3) is 0.400. The number of ether oxygens (including phenoxy) is 1. The predicted molar refractivity (Wildman–Crippen MR) is 115 cm³/mol. The lowest BCUT2D eigenvalue weighted by atomic mass is 10.1. The van der Waals surface area contributed by atoms with Gasteiger partial charge in [-0.1, -0.05) is 23.9 Å². The average molecular weight is 400 g/mol. The maximum atomic E-state index is 12.4. The van der Waals surface area contributed by atoms with Gasteiger partial charge in [0.1, 0.15) is 10.9 Å². The number of fused-ring (bicyclic) bond motifs is 1. The van der Waals surface area contributed by atoms with Gasteiger partial charge in [-0.15, -0.1) is 0 Å². The van der Waals surface area contributed by atoms with Crippen LogP contribution in [0.5, 0.6) is 0 Å². The summed E-state index contributed by atoms with van der Waals surface area (Å²) in [5.74, 6) is 0.422. The standard InChI is InChI=1S/C20H25N5O2S/c1-13(21)28-20(22)14-3-4-15-11-23-18(10-16(15)9-14)24-19(26)12-25-7-5-17(27-2)6-8-25/h3-4,9-11,17,21-22H,5-8,12H2,1-2H3,(H,23,24,26). The second kappa shape index (κ2) is 9.27. The van der Waals surface area contributed by atoms with Crippen molar-refractivity contribution < 1.29 is 9.53 Å². The topological polar surface area (TPSA) is 102 Å². The summed E-state index contributed by atoms with van der Waals surface area (Å²) in [7, 11) is 1.73. The van der Waals surface area contributed by atoms with Crippen LogP contribution in [-0.2, 0) is 9.53 Å². The van der Waals surface area contributed by atoms with Crippen LogP contribution in [-0.4, -0.2) is 58.7 Å². The van der Waals surface area contributed by atoms with E-state index >= 15 is 0 Å². The number of hydrogen-bond acceptors (Lipinski definition) is 7. The summed E-state index contributed by atoms with van der Waals surface area (Å²) in [5, 5.41) is 21.0. The van der Waals surface area contributed by atoms with Crippen LogP contribution in [0.1, 0.15) is 25.3 Å². The number of nitrogens with one attached hydrogen (secondary N) is 3. The van der Waals surface area contributed by atoms with Crippen LogP contribution < -0.4 is 5.32 Å². The molecule has 2 aromatic rings. The number of hydrogen-bond donors (Lipinski definition) is 3. The molecule has 1 amide bonds. The number of benzene rings is 1. The molecule has 0 unspecified atom stereocenters. The van der Waals surface area contributed by atoms with Gasteiger partial charge < -0.3 is 10.1 Å². The van der Waals surface area contributed by atoms with Crippen LogP contribution in [0, 0.1) is 10.8 Å². The number of pyridine rings is 1. The van der Waals surface area contributed by atoms with Crippen molar-refractivity contribution in [1.82, 2.24) is 9.88 Å². The zero-order valence-electron chi connectivity index (χ0n) is 16.1. The number of thioether (sulfide) groups is 1. The van der Waals surface area contributed by atoms with Crippen molar-refractivity contribution in [1.29, 1.82) is 10.8 Å². The van der Waals surface area contributed by atoms with E-state index in [1.807, 2.05) is 24.3 Å². The van der Waals surface area contributed by atoms with Gasteiger partial charge in [-0.05, 0) is 37.3 Å². The Morgan fingerprint density at radius 1 is 1.29 bits per heavy atom. The van der Waals surface area contributed by atoms with E-state index in [-0.39, 0.29) is 5.91 Å². The molecule has 7 nitrogen and oxygen atoms in total. The van der Waals surface area contributed by atoms with Crippen molar-refractivity contribution in [2.75, 3.05) is 32.1 Å². The van der Waals surface area contributed by atoms with Crippen LogP contribution in [0.2, 0.25) is 0 Å². The van der Waals surface area contributed by atoms with E-state index in [1.165, 1.54) is 0 Å². The van der Waals surface area contributed by atoms with E-state index in [9.17, 15) is 4.79 Å². The summed E-state index contributed by atoms with van der Waals surface area (Å²) < 4.78 is 5.36. The van der Waals surface area contributed by atoms with Gasteiger partial charge in [-0.3, -0.25) is 20.5 Å². The Morgan fingerprint density at radius 2 is 2.04 bits per heavy atom. The first-order chi connectivity index (χ1) is 13.4. The molecule has 1 aromatic carbocycles. The van der Waals surface area contributed by atoms with Gasteiger partial charge in [-0.25, -0.2) is 4.98 Å². The van der Waals surface area contributed by atoms with E-state index < -0.39 is 0 Å². The Morgan fingerprint density at radius 3 is 2.71 bits per heavy atom. The second-order valence-electron chi connectivity index (χ2n) is 6.88. The lowest BCUT2D eigenvalue weighted by Crippen LogP contribution is -2.41. The number of likely N-dealkylation sites (tertiary alicyclic amines) is 1. The molecule has 0 spiro atoms. The fourth-order valence-corrected chi connectivity index (χ4v) is 3.80. The molecule has 3 N–H and O–H groups in total. The van der Waals surface area contributed by atoms with Gasteiger partial charge in [-0.2, -0.15) is 0 Å². The third-order valence-electron chi connectivity index (χ3n) is 4.74. The van der Waals surface area contributed by atoms with Crippen molar-refractivity contribution in [3.63, 3.8) is 0 Å². The van der Waals surface area contributed by atoms with Crippen LogP contribution in [0.3, 0.4) is 0 Å². The minimum absolute atomic E-state index is 0.0819. The number of amides is 1. The Labute approximate surface area is 168 Å². The predicted octanol–water partition coefficient (Wildman–Crippen LogP) is 3.34. The van der Waals surface area contributed by atoms with E-state index in [0.29, 0.717) is 28.6 Å². The zero-order valence-corrected chi connectivity index (χ0v) is 16.9. The molecule has 28 heavy (non-hydrogen) atoms. The Bertz CT molecular complexity index is 893. The molecule has 1 fully saturated rings. The second-order valence-corrected chi connectivity index (χ2v) is 8.10. The highest BCUT2D eigenvalue weighted by Gasteiger charge is 2.20. The summed E-state index contributed by atoms with van der Waals surface area (Å²) in [6.45, 7) is 3.71. The molecule has 1 saturated heterocycles. The van der Waals surface area contributed by atoms with Crippen LogP contribution >= 0.6 is 11.8 Å². The number of carbonyl (C=O) groups is 1. The molecule has 1 aromatic heterocycles. The van der Waals surface area contributed by atoms with Crippen molar-refractivity contribution in [2.45, 2.75) is 25.9 Å². The Kier molecular flexibility index (Phi) is 6.77. The number of anilines is 1. The lowest BCUT2D eigenvalue weighted by molar-refractivity contribution is -0.117. The molecule has 0 bridgehead atoms. The van der Waals surface area contributed by atoms with Gasteiger partial charge in [0.2, 0.25) is 5.91 Å². The first kappa shape index (κ1) is 20.4. The molecule has 1 aliphatic rings. The molecule has 8 heteroatoms. The smallest absolute Gasteiger partial charge is 0.239 e. The Balaban J connectivity index is 1.65. The number of methoxy groups -OCH3 is 1. The molecule has 0 saturated carbocycles. The van der Waals surface area contributed by atoms with Gasteiger partial charge in [0.05, 0.1) is 17.7 Å². The monoisotopic (exact) mass is 399 g/mol. The molecular formula is C20H25N5O2S. The quantitative estimate of drug-likeness (QED) is 0.529. The van der Waals surface area contributed by atoms with Gasteiger partial charge >= 0.3 is 0 Å². The van der Waals surface area contributed by atoms with Crippen LogP contribution in [0.15, 0.2) is 30.5 Å². The SMILES string of the molecule is COC1CCN(CC(=O)Nc2cc3cc(C(=N)SC(C)=N)ccc3cn2)CC1. The average Bonchev–Trinajstić information content (AvgIpc) is 2.67. The molecule has 1 aliphatic heterocycles. The molecule has 148 valence electrons. The van der Waals surface area contributed by atoms with Gasteiger partial charge in [0.15, 0.2) is 0 Å². The first-order valence-electron chi connectivity index (χ1n) is 9.21. The number of piperidine rings is 1. The van der Waals surface area contributed by atoms with E-state index in [2.05, 4.69) is 15.2 Å². The highest BCUT2D eigenvalue weighted by atomic mass is 32.2. The van der Waals surface area contributed by atoms with Crippen molar-refractivity contribution in [3.8, 4) is 0 Å². The van der Waals surface area contributed by atoms with Gasteiger partial charge in [0.25, 0.3) is 0 Å². The third-order valence-corrected chi connectivity index (χ3v) is 5.49. The molecular weight excluding hydrogens is 374 g/mol. The number of aromatic nitrogens is 1. The molecule has 2 heterocycles. The maximum Gasteiger partial charge on any atom is 0.239 e. The van der Waals surface area contributed by atoms with Crippen LogP contribution in [0.4, 0.5) is 5.82 Å². The fourth-order valence-electron chi connectivity index (χ4n) is 3.25. The maximum absolute atomic E-state index is 12.4. The number of rotatable bonds is 5. The summed E-state index contributed by atoms with van der Waals surface area (Å²) >= 11 is 1.12. The summed E-state index contributed by atoms with van der Waals surface area (Å²) in [6, 6.07) is 7.46. The zero-order chi connectivity index (χ0) is 20.1. The van der Waals surface area contributed by atoms with Crippen molar-refractivity contribution in [2.24, 2.45) is 0 Å². The van der Waals surface area contributed by atoms with Crippen molar-refractivity contribution in [3.05, 3.63) is 36.0 Å². The summed E-state index contributed by atoms with van der Waals surface area (Å²) in [6.07, 6.45) is 3.90. The highest BCUT2D eigenvalue weighted by Crippen LogP contribution is 2.22. The summed E-state index contributed by atoms with van der Waals surface area (Å²) in [5.41, 5.74) is 0.744. The molecule has 0 atom stereocenters. The van der Waals surface area contributed by atoms with E-state index in [0.717, 1.165) is 54.0 Å². The Hall–Kier alpha value is -2.29. The van der Waals surface area contributed by atoms with E-state index in [4.69, 9.17) is 15.6 Å². The normalized spacial score (nSPS) is 15.5. The lowest BCUT2D eigenvalue weighted by Gasteiger charge is -2.30. The first-order valence-corrected chi connectivity index (χ1v) is 10.0.